The van der Waals surface area contributed by atoms with Crippen LogP contribution >= 0.6 is 11.8 Å². The van der Waals surface area contributed by atoms with Crippen LogP contribution in [-0.4, -0.2) is 55.2 Å². The molecule has 1 heterocycles. The first-order valence-electron chi connectivity index (χ1n) is 5.66. The quantitative estimate of drug-likeness (QED) is 0.770. The third kappa shape index (κ3) is 3.37. The van der Waals surface area contributed by atoms with Crippen molar-refractivity contribution in [2.24, 2.45) is 11.7 Å². The van der Waals surface area contributed by atoms with Crippen LogP contribution in [0.4, 0.5) is 0 Å². The highest BCUT2D eigenvalue weighted by atomic mass is 32.2. The highest BCUT2D eigenvalue weighted by molar-refractivity contribution is 7.98. The van der Waals surface area contributed by atoms with Crippen molar-refractivity contribution >= 4 is 17.7 Å². The summed E-state index contributed by atoms with van der Waals surface area (Å²) < 4.78 is 5.22. The lowest BCUT2D eigenvalue weighted by atomic mass is 10.0. The van der Waals surface area contributed by atoms with E-state index in [4.69, 9.17) is 10.5 Å². The molecular weight excluding hydrogens is 224 g/mol. The summed E-state index contributed by atoms with van der Waals surface area (Å²) in [6.07, 6.45) is 3.10. The summed E-state index contributed by atoms with van der Waals surface area (Å²) in [6, 6.07) is 0.135. The van der Waals surface area contributed by atoms with Crippen LogP contribution in [0.15, 0.2) is 0 Å². The van der Waals surface area contributed by atoms with Gasteiger partial charge in [-0.3, -0.25) is 4.79 Å². The molecule has 3 unspecified atom stereocenters. The standard InChI is InChI=1S/C11H22N2O2S/c1-8(4-5-16-3)13(2)11(14)9-6-15-7-10(9)12/h8-10H,4-7,12H2,1-3H3. The van der Waals surface area contributed by atoms with Crippen molar-refractivity contribution in [1.29, 1.82) is 0 Å². The highest BCUT2D eigenvalue weighted by Gasteiger charge is 2.34. The van der Waals surface area contributed by atoms with Gasteiger partial charge in [-0.25, -0.2) is 0 Å². The summed E-state index contributed by atoms with van der Waals surface area (Å²) in [4.78, 5) is 13.9. The van der Waals surface area contributed by atoms with Crippen LogP contribution in [0.2, 0.25) is 0 Å². The Morgan fingerprint density at radius 3 is 2.81 bits per heavy atom. The van der Waals surface area contributed by atoms with E-state index in [2.05, 4.69) is 13.2 Å². The molecule has 3 atom stereocenters. The molecule has 1 amide bonds. The lowest BCUT2D eigenvalue weighted by Crippen LogP contribution is -2.45. The second kappa shape index (κ2) is 6.47. The maximum absolute atomic E-state index is 12.1. The number of nitrogens with zero attached hydrogens (tertiary/aromatic N) is 1. The number of carbonyl (C=O) groups excluding carboxylic acids is 1. The van der Waals surface area contributed by atoms with Crippen LogP contribution in [0.3, 0.4) is 0 Å². The molecule has 1 saturated heterocycles. The molecule has 1 rings (SSSR count). The van der Waals surface area contributed by atoms with Crippen molar-refractivity contribution in [3.05, 3.63) is 0 Å². The molecule has 4 nitrogen and oxygen atoms in total. The fourth-order valence-corrected chi connectivity index (χ4v) is 2.36. The summed E-state index contributed by atoms with van der Waals surface area (Å²) in [5.41, 5.74) is 5.84. The summed E-state index contributed by atoms with van der Waals surface area (Å²) in [5.74, 6) is 1.05. The van der Waals surface area contributed by atoms with Gasteiger partial charge >= 0.3 is 0 Å². The number of thioether (sulfide) groups is 1. The van der Waals surface area contributed by atoms with E-state index in [0.29, 0.717) is 13.2 Å². The Labute approximate surface area is 102 Å². The number of ether oxygens (including phenoxy) is 1. The van der Waals surface area contributed by atoms with Crippen LogP contribution in [0.25, 0.3) is 0 Å². The molecule has 1 fully saturated rings. The fourth-order valence-electron chi connectivity index (χ4n) is 1.79. The van der Waals surface area contributed by atoms with Gasteiger partial charge in [-0.15, -0.1) is 0 Å². The first-order valence-corrected chi connectivity index (χ1v) is 7.06. The van der Waals surface area contributed by atoms with E-state index in [-0.39, 0.29) is 23.9 Å². The van der Waals surface area contributed by atoms with Gasteiger partial charge in [0.1, 0.15) is 0 Å². The second-order valence-corrected chi connectivity index (χ2v) is 5.37. The third-order valence-electron chi connectivity index (χ3n) is 3.19. The van der Waals surface area contributed by atoms with Crippen molar-refractivity contribution in [3.8, 4) is 0 Å². The second-order valence-electron chi connectivity index (χ2n) is 4.39. The van der Waals surface area contributed by atoms with Crippen LogP contribution in [0, 0.1) is 5.92 Å². The smallest absolute Gasteiger partial charge is 0.229 e. The van der Waals surface area contributed by atoms with E-state index in [9.17, 15) is 4.79 Å². The molecule has 0 spiro atoms. The average Bonchev–Trinajstić information content (AvgIpc) is 2.70. The Kier molecular flexibility index (Phi) is 5.58. The van der Waals surface area contributed by atoms with Crippen LogP contribution in [-0.2, 0) is 9.53 Å². The number of carbonyl (C=O) groups is 1. The molecular formula is C11H22N2O2S. The van der Waals surface area contributed by atoms with Gasteiger partial charge in [-0.05, 0) is 25.4 Å². The van der Waals surface area contributed by atoms with Gasteiger partial charge in [-0.2, -0.15) is 11.8 Å². The number of amides is 1. The van der Waals surface area contributed by atoms with Crippen LogP contribution in [0.5, 0.6) is 0 Å². The van der Waals surface area contributed by atoms with Crippen molar-refractivity contribution in [1.82, 2.24) is 4.90 Å². The lowest BCUT2D eigenvalue weighted by Gasteiger charge is -2.28. The molecule has 94 valence electrons. The van der Waals surface area contributed by atoms with Gasteiger partial charge in [0.2, 0.25) is 5.91 Å². The van der Waals surface area contributed by atoms with Crippen molar-refractivity contribution in [2.45, 2.75) is 25.4 Å². The third-order valence-corrected chi connectivity index (χ3v) is 3.83. The minimum atomic E-state index is -0.151. The molecule has 0 bridgehead atoms. The van der Waals surface area contributed by atoms with E-state index >= 15 is 0 Å². The number of rotatable bonds is 5. The predicted octanol–water partition coefficient (Wildman–Crippen LogP) is 0.560. The predicted molar refractivity (Wildman–Crippen MR) is 67.5 cm³/mol. The maximum atomic E-state index is 12.1. The Hall–Kier alpha value is -0.260. The highest BCUT2D eigenvalue weighted by Crippen LogP contribution is 2.17. The molecule has 2 N–H and O–H groups in total. The maximum Gasteiger partial charge on any atom is 0.229 e. The molecule has 16 heavy (non-hydrogen) atoms. The summed E-state index contributed by atoms with van der Waals surface area (Å²) in [5, 5.41) is 0. The number of hydrogen-bond acceptors (Lipinski definition) is 4. The van der Waals surface area contributed by atoms with Crippen LogP contribution < -0.4 is 5.73 Å². The number of nitrogens with two attached hydrogens (primary N) is 1. The Balaban J connectivity index is 2.45. The Morgan fingerprint density at radius 1 is 1.62 bits per heavy atom. The topological polar surface area (TPSA) is 55.6 Å². The number of hydrogen-bond donors (Lipinski definition) is 1. The molecule has 0 aromatic heterocycles. The van der Waals surface area contributed by atoms with Gasteiger partial charge in [0.15, 0.2) is 0 Å². The fraction of sp³-hybridized carbons (Fsp3) is 0.909. The minimum Gasteiger partial charge on any atom is -0.379 e. The van der Waals surface area contributed by atoms with Crippen molar-refractivity contribution in [3.63, 3.8) is 0 Å². The van der Waals surface area contributed by atoms with E-state index < -0.39 is 0 Å². The molecule has 0 saturated carbocycles. The van der Waals surface area contributed by atoms with Gasteiger partial charge < -0.3 is 15.4 Å². The molecule has 0 aromatic rings. The van der Waals surface area contributed by atoms with Gasteiger partial charge in [0.05, 0.1) is 19.1 Å². The van der Waals surface area contributed by atoms with E-state index in [0.717, 1.165) is 12.2 Å². The van der Waals surface area contributed by atoms with Crippen LogP contribution in [0.1, 0.15) is 13.3 Å². The normalized spacial score (nSPS) is 26.8. The zero-order valence-electron chi connectivity index (χ0n) is 10.3. The van der Waals surface area contributed by atoms with Gasteiger partial charge in [-0.1, -0.05) is 0 Å². The summed E-state index contributed by atoms with van der Waals surface area (Å²) in [7, 11) is 1.86. The van der Waals surface area contributed by atoms with Gasteiger partial charge in [0.25, 0.3) is 0 Å². The molecule has 5 heteroatoms. The molecule has 1 aliphatic heterocycles. The molecule has 0 radical (unpaired) electrons. The summed E-state index contributed by atoms with van der Waals surface area (Å²) >= 11 is 1.80. The summed E-state index contributed by atoms with van der Waals surface area (Å²) in [6.45, 7) is 3.05. The molecule has 0 aromatic carbocycles. The van der Waals surface area contributed by atoms with E-state index in [1.165, 1.54) is 0 Å². The van der Waals surface area contributed by atoms with Gasteiger partial charge in [0, 0.05) is 19.1 Å². The Morgan fingerprint density at radius 2 is 2.31 bits per heavy atom. The van der Waals surface area contributed by atoms with E-state index in [1.54, 1.807) is 11.8 Å². The Bertz CT molecular complexity index is 238. The zero-order chi connectivity index (χ0) is 12.1. The minimum absolute atomic E-state index is 0.124. The first kappa shape index (κ1) is 13.8. The first-order chi connectivity index (χ1) is 7.57. The average molecular weight is 246 g/mol. The molecule has 1 aliphatic rings. The largest absolute Gasteiger partial charge is 0.379 e. The SMILES string of the molecule is CSCCC(C)N(C)C(=O)C1COCC1N. The zero-order valence-corrected chi connectivity index (χ0v) is 11.1. The van der Waals surface area contributed by atoms with Crippen molar-refractivity contribution < 1.29 is 9.53 Å². The lowest BCUT2D eigenvalue weighted by molar-refractivity contribution is -0.136. The molecule has 0 aliphatic carbocycles. The monoisotopic (exact) mass is 246 g/mol. The van der Waals surface area contributed by atoms with E-state index in [1.807, 2.05) is 11.9 Å². The van der Waals surface area contributed by atoms with Crippen molar-refractivity contribution in [2.75, 3.05) is 32.3 Å².